The number of phosphoric acid groups is 5. The Balaban J connectivity index is -0.00000172. The van der Waals surface area contributed by atoms with Crippen LogP contribution in [0, 0.1) is 0 Å². The van der Waals surface area contributed by atoms with Crippen LogP contribution >= 0.6 is 39.1 Å². The molecule has 71 heavy (non-hydrogen) atoms. The number of unbranched alkanes of at least 4 members (excludes halogenated alkanes) is 3. The second-order valence-electron chi connectivity index (χ2n) is 11.9. The second kappa shape index (κ2) is 49.4. The van der Waals surface area contributed by atoms with Crippen LogP contribution in [0.4, 0.5) is 9.59 Å². The van der Waals surface area contributed by atoms with E-state index >= 15 is 0 Å². The summed E-state index contributed by atoms with van der Waals surface area (Å²) >= 11 is 0. The van der Waals surface area contributed by atoms with Crippen molar-refractivity contribution >= 4 is 57.2 Å². The number of amides is 3. The van der Waals surface area contributed by atoms with Gasteiger partial charge in [0.1, 0.15) is 12.1 Å². The summed E-state index contributed by atoms with van der Waals surface area (Å²) < 4.78 is 126. The van der Waals surface area contributed by atoms with Crippen molar-refractivity contribution in [2.75, 3.05) is 114 Å². The lowest BCUT2D eigenvalue weighted by Crippen LogP contribution is -2.47. The predicted molar refractivity (Wildman–Crippen MR) is 257 cm³/mol. The van der Waals surface area contributed by atoms with E-state index in [9.17, 15) is 51.9 Å². The molecule has 0 bridgehead atoms. The van der Waals surface area contributed by atoms with E-state index in [4.69, 9.17) is 46.4 Å². The van der Waals surface area contributed by atoms with E-state index in [1.165, 1.54) is 7.11 Å². The van der Waals surface area contributed by atoms with Gasteiger partial charge in [0, 0.05) is 27.3 Å². The second-order valence-corrected chi connectivity index (χ2v) is 19.3. The Bertz CT molecular complexity index is 1490. The Morgan fingerprint density at radius 2 is 0.817 bits per heavy atom. The molecule has 0 fully saturated rings. The molecule has 0 heterocycles. The molecule has 0 aromatic carbocycles. The Kier molecular flexibility index (Phi) is 54.5. The molecule has 0 aliphatic carbocycles. The summed E-state index contributed by atoms with van der Waals surface area (Å²) in [6.45, 7) is 10.9. The van der Waals surface area contributed by atoms with Gasteiger partial charge in [-0.2, -0.15) is 0 Å². The van der Waals surface area contributed by atoms with Crippen molar-refractivity contribution in [3.63, 3.8) is 0 Å². The third-order valence-electron chi connectivity index (χ3n) is 7.06. The van der Waals surface area contributed by atoms with Gasteiger partial charge in [0.05, 0.1) is 86.9 Å². The topological polar surface area (TPSA) is 403 Å². The van der Waals surface area contributed by atoms with Gasteiger partial charge in [-0.15, -0.1) is 0 Å². The van der Waals surface area contributed by atoms with Crippen molar-refractivity contribution in [1.82, 2.24) is 16.0 Å². The highest BCUT2D eigenvalue weighted by Crippen LogP contribution is 2.49. The van der Waals surface area contributed by atoms with Crippen molar-refractivity contribution in [1.29, 1.82) is 0 Å². The van der Waals surface area contributed by atoms with Crippen molar-refractivity contribution in [3.05, 3.63) is 0 Å². The molecule has 0 aliphatic heterocycles. The van der Waals surface area contributed by atoms with Crippen molar-refractivity contribution in [3.8, 4) is 0 Å². The van der Waals surface area contributed by atoms with Crippen LogP contribution in [0.15, 0.2) is 0 Å². The zero-order valence-electron chi connectivity index (χ0n) is 43.0. The lowest BCUT2D eigenvalue weighted by atomic mass is 10.1. The molecule has 35 heteroatoms. The molecule has 0 spiro atoms. The average molecular weight is 1150 g/mol. The smallest absolute Gasteiger partial charge is 0.453 e. The molecule has 0 aromatic rings. The first-order valence-corrected chi connectivity index (χ1v) is 30.0. The molecule has 30 nitrogen and oxygen atoms in total. The maximum atomic E-state index is 12.8. The highest BCUT2D eigenvalue weighted by molar-refractivity contribution is 7.48. The van der Waals surface area contributed by atoms with Crippen LogP contribution in [0.25, 0.3) is 0 Å². The Morgan fingerprint density at radius 3 is 1.23 bits per heavy atom. The number of carbonyl (C=O) groups excluding carboxylic acids is 3. The fourth-order valence-electron chi connectivity index (χ4n) is 4.04. The fraction of sp³-hybridized carbons (Fsp3) is 0.917. The van der Waals surface area contributed by atoms with Crippen molar-refractivity contribution < 1.29 is 126 Å². The molecule has 0 aromatic heterocycles. The molecule has 6 atom stereocenters. The number of nitrogens with one attached hydrogen (secondary N) is 3. The van der Waals surface area contributed by atoms with E-state index in [0.717, 1.165) is 21.3 Å². The molecule has 6 unspecified atom stereocenters. The molecular formula is C36H84N3O27P5. The fourth-order valence-corrected chi connectivity index (χ4v) is 7.25. The molecule has 0 rings (SSSR count). The van der Waals surface area contributed by atoms with Gasteiger partial charge in [-0.3, -0.25) is 50.0 Å². The minimum Gasteiger partial charge on any atom is -0.453 e. The zero-order valence-corrected chi connectivity index (χ0v) is 47.5. The number of methoxy groups -OCH3 is 2. The molecule has 0 saturated heterocycles. The normalized spacial score (nSPS) is 15.8. The van der Waals surface area contributed by atoms with Crippen LogP contribution in [0.3, 0.4) is 0 Å². The van der Waals surface area contributed by atoms with Gasteiger partial charge < -0.3 is 59.4 Å². The predicted octanol–water partition coefficient (Wildman–Crippen LogP) is 5.96. The summed E-state index contributed by atoms with van der Waals surface area (Å²) in [4.78, 5) is 84.4. The number of hydrogen-bond acceptors (Lipinski definition) is 22. The number of alkyl carbamates (subject to hydrolysis) is 2. The minimum atomic E-state index is -5.03. The monoisotopic (exact) mass is 1150 g/mol. The Morgan fingerprint density at radius 1 is 0.437 bits per heavy atom. The third-order valence-corrected chi connectivity index (χ3v) is 12.0. The van der Waals surface area contributed by atoms with Gasteiger partial charge >= 0.3 is 51.3 Å². The zero-order chi connectivity index (χ0) is 55.8. The molecular weight excluding hydrogens is 1060 g/mol. The van der Waals surface area contributed by atoms with Gasteiger partial charge in [-0.25, -0.2) is 32.4 Å². The van der Waals surface area contributed by atoms with Crippen LogP contribution < -0.4 is 16.0 Å². The van der Waals surface area contributed by atoms with Crippen LogP contribution in [0.5, 0.6) is 0 Å². The summed E-state index contributed by atoms with van der Waals surface area (Å²) in [5.41, 5.74) is 0. The van der Waals surface area contributed by atoms with E-state index in [0.29, 0.717) is 25.7 Å². The van der Waals surface area contributed by atoms with E-state index < -0.39 is 95.8 Å². The number of hydrogen-bond donors (Lipinski definition) is 8. The van der Waals surface area contributed by atoms with E-state index in [1.54, 1.807) is 0 Å². The van der Waals surface area contributed by atoms with Gasteiger partial charge in [-0.1, -0.05) is 55.4 Å². The van der Waals surface area contributed by atoms with E-state index in [2.05, 4.69) is 43.5 Å². The van der Waals surface area contributed by atoms with Gasteiger partial charge in [0.15, 0.2) is 0 Å². The van der Waals surface area contributed by atoms with Crippen LogP contribution in [-0.2, 0) is 91.8 Å². The quantitative estimate of drug-likeness (QED) is 0.0259. The highest BCUT2D eigenvalue weighted by Gasteiger charge is 2.33. The lowest BCUT2D eigenvalue weighted by Gasteiger charge is -2.23. The molecule has 430 valence electrons. The first-order valence-electron chi connectivity index (χ1n) is 22.6. The van der Waals surface area contributed by atoms with Gasteiger partial charge in [0.25, 0.3) is 0 Å². The summed E-state index contributed by atoms with van der Waals surface area (Å²) in [6.07, 6.45) is -1.26. The highest BCUT2D eigenvalue weighted by atomic mass is 31.2. The largest absolute Gasteiger partial charge is 0.472 e. The Labute approximate surface area is 418 Å². The average Bonchev–Trinajstić information content (AvgIpc) is 3.35. The minimum absolute atomic E-state index is 0.141. The van der Waals surface area contributed by atoms with Crippen molar-refractivity contribution in [2.24, 2.45) is 0 Å². The van der Waals surface area contributed by atoms with Crippen molar-refractivity contribution in [2.45, 2.75) is 106 Å². The number of rotatable bonds is 40. The van der Waals surface area contributed by atoms with Crippen LogP contribution in [-0.4, -0.2) is 169 Å². The summed E-state index contributed by atoms with van der Waals surface area (Å²) in [5, 5.41) is 7.58. The standard InChI is InChI=1S/C28H60N3O27P5.4C2H6/c1-45-27(33)30-12-8-6-10-25(31-28(34)46-2)26(32)29-11-7-5-9-13-51-63(43,44)58-24(22-56-61(39,40)54-20-16-49-14-18-52-59(35,36)47-3)23-57-62(41,42)55-21-17-50-15-19-53-60(37,38)48-4;4*1-2/h24-25H,5-23H2,1-4H3,(H,29,32)(H,30,33)(H,31,34)(H,35,36)(H,37,38)(H,39,40)(H,41,42)(H,43,44);4*1-2H3. The third kappa shape index (κ3) is 51.7. The molecule has 0 saturated carbocycles. The summed E-state index contributed by atoms with van der Waals surface area (Å²) in [5.74, 6) is -0.505. The molecule has 0 radical (unpaired) electrons. The first kappa shape index (κ1) is 78.4. The number of carbonyl (C=O) groups is 3. The lowest BCUT2D eigenvalue weighted by molar-refractivity contribution is -0.123. The van der Waals surface area contributed by atoms with E-state index in [1.807, 2.05) is 55.4 Å². The molecule has 0 aliphatic rings. The maximum absolute atomic E-state index is 12.8. The summed E-state index contributed by atoms with van der Waals surface area (Å²) in [7, 11) is -19.2. The number of ether oxygens (including phenoxy) is 4. The first-order chi connectivity index (χ1) is 33.5. The molecule has 8 N–H and O–H groups in total. The van der Waals surface area contributed by atoms with E-state index in [-0.39, 0.29) is 72.2 Å². The Hall–Kier alpha value is -1.52. The number of phosphoric ester groups is 5. The van der Waals surface area contributed by atoms with Gasteiger partial charge in [-0.05, 0) is 38.5 Å². The molecule has 3 amide bonds. The van der Waals surface area contributed by atoms with Crippen LogP contribution in [0.1, 0.15) is 93.9 Å². The van der Waals surface area contributed by atoms with Gasteiger partial charge in [0.2, 0.25) is 5.91 Å². The summed E-state index contributed by atoms with van der Waals surface area (Å²) in [6, 6.07) is -0.939. The van der Waals surface area contributed by atoms with Crippen LogP contribution in [0.2, 0.25) is 0 Å². The maximum Gasteiger partial charge on any atom is 0.472 e. The SMILES string of the molecule is CC.CC.CC.CC.COC(=O)NCCCCC(NC(=O)OC)C(=O)NCCCCCOP(=O)(O)OC(COP(=O)(O)OCCOCCOP(=O)(O)OC)COP(=O)(O)OCCOCCOP(=O)(O)OC.